The van der Waals surface area contributed by atoms with Gasteiger partial charge in [-0.25, -0.2) is 8.91 Å². The van der Waals surface area contributed by atoms with E-state index in [1.807, 2.05) is 30.6 Å². The second-order valence-corrected chi connectivity index (χ2v) is 7.61. The summed E-state index contributed by atoms with van der Waals surface area (Å²) < 4.78 is 17.5. The minimum absolute atomic E-state index is 0.201. The lowest BCUT2D eigenvalue weighted by Crippen LogP contribution is -2.28. The summed E-state index contributed by atoms with van der Waals surface area (Å²) in [6.07, 6.45) is 6.83. The third kappa shape index (κ3) is 3.16. The molecule has 0 bridgehead atoms. The van der Waals surface area contributed by atoms with Crippen molar-refractivity contribution >= 4 is 11.6 Å². The van der Waals surface area contributed by atoms with Crippen LogP contribution in [-0.4, -0.2) is 30.4 Å². The van der Waals surface area contributed by atoms with Crippen molar-refractivity contribution in [2.24, 2.45) is 0 Å². The number of nitrogens with one attached hydrogen (secondary N) is 1. The molecule has 4 aromatic rings. The molecule has 0 spiro atoms. The Morgan fingerprint density at radius 3 is 3.00 bits per heavy atom. The lowest BCUT2D eigenvalue weighted by molar-refractivity contribution is 0.552. The molecule has 0 saturated carbocycles. The zero-order valence-electron chi connectivity index (χ0n) is 16.6. The molecule has 3 heterocycles. The first-order valence-electron chi connectivity index (χ1n) is 10.0. The summed E-state index contributed by atoms with van der Waals surface area (Å²) in [7, 11) is 0. The molecule has 0 saturated heterocycles. The predicted molar refractivity (Wildman–Crippen MR) is 110 cm³/mol. The second kappa shape index (κ2) is 6.99. The van der Waals surface area contributed by atoms with Gasteiger partial charge in [-0.05, 0) is 74.1 Å². The van der Waals surface area contributed by atoms with Gasteiger partial charge in [-0.3, -0.25) is 4.68 Å². The Labute approximate surface area is 168 Å². The van der Waals surface area contributed by atoms with Crippen LogP contribution < -0.4 is 5.32 Å². The molecular formula is C22H23FN6. The normalized spacial score (nSPS) is 16.2. The van der Waals surface area contributed by atoms with Crippen molar-refractivity contribution in [2.45, 2.75) is 45.7 Å². The number of halogens is 1. The number of fused-ring (bicyclic) bond motifs is 2. The summed E-state index contributed by atoms with van der Waals surface area (Å²) in [5.41, 5.74) is 5.91. The predicted octanol–water partition coefficient (Wildman–Crippen LogP) is 4.03. The van der Waals surface area contributed by atoms with E-state index in [1.165, 1.54) is 17.3 Å². The lowest BCUT2D eigenvalue weighted by atomic mass is 9.93. The van der Waals surface area contributed by atoms with Gasteiger partial charge in [-0.1, -0.05) is 6.07 Å². The van der Waals surface area contributed by atoms with Gasteiger partial charge in [0.25, 0.3) is 0 Å². The maximum Gasteiger partial charge on any atom is 0.243 e. The molecule has 0 fully saturated rings. The van der Waals surface area contributed by atoms with Crippen molar-refractivity contribution in [1.29, 1.82) is 0 Å². The number of benzene rings is 1. The third-order valence-electron chi connectivity index (χ3n) is 5.70. The summed E-state index contributed by atoms with van der Waals surface area (Å²) >= 11 is 0. The summed E-state index contributed by atoms with van der Waals surface area (Å²) in [5, 5.41) is 12.6. The van der Waals surface area contributed by atoms with Crippen LogP contribution in [0.15, 0.2) is 42.7 Å². The highest BCUT2D eigenvalue weighted by Gasteiger charge is 2.23. The molecule has 6 nitrogen and oxygen atoms in total. The fraction of sp³-hybridized carbons (Fsp3) is 0.318. The first kappa shape index (κ1) is 17.8. The van der Waals surface area contributed by atoms with E-state index < -0.39 is 0 Å². The molecule has 5 rings (SSSR count). The molecule has 0 aliphatic heterocycles. The van der Waals surface area contributed by atoms with Crippen molar-refractivity contribution in [3.05, 3.63) is 65.4 Å². The van der Waals surface area contributed by atoms with Crippen LogP contribution in [0.4, 0.5) is 10.3 Å². The first-order chi connectivity index (χ1) is 14.1. The highest BCUT2D eigenvalue weighted by Crippen LogP contribution is 2.27. The summed E-state index contributed by atoms with van der Waals surface area (Å²) in [5.74, 6) is 0.417. The van der Waals surface area contributed by atoms with E-state index in [0.717, 1.165) is 42.6 Å². The number of pyridine rings is 1. The number of aryl methyl sites for hydroxylation is 2. The summed E-state index contributed by atoms with van der Waals surface area (Å²) in [6, 6.07) is 9.34. The van der Waals surface area contributed by atoms with Crippen molar-refractivity contribution in [1.82, 2.24) is 24.4 Å². The highest BCUT2D eigenvalue weighted by molar-refractivity contribution is 5.78. The van der Waals surface area contributed by atoms with Crippen LogP contribution in [0, 0.1) is 12.7 Å². The number of anilines is 1. The van der Waals surface area contributed by atoms with Crippen LogP contribution in [0.3, 0.4) is 0 Å². The molecule has 7 heteroatoms. The molecule has 1 N–H and O–H groups in total. The molecule has 29 heavy (non-hydrogen) atoms. The molecule has 3 aromatic heterocycles. The molecule has 1 atom stereocenters. The van der Waals surface area contributed by atoms with Gasteiger partial charge in [0.15, 0.2) is 5.65 Å². The van der Waals surface area contributed by atoms with Gasteiger partial charge in [0.2, 0.25) is 5.95 Å². The molecule has 1 aliphatic rings. The van der Waals surface area contributed by atoms with E-state index in [2.05, 4.69) is 27.1 Å². The van der Waals surface area contributed by atoms with Gasteiger partial charge in [0, 0.05) is 30.0 Å². The summed E-state index contributed by atoms with van der Waals surface area (Å²) in [6.45, 7) is 4.80. The van der Waals surface area contributed by atoms with Crippen molar-refractivity contribution in [3.8, 4) is 11.1 Å². The standard InChI is InChI=1S/C22H23FN6/c1-3-28-20-9-7-17(12-16(20)13-24-28)25-22-26-21-18(5-4-10-29(21)27-22)15-6-8-19(23)14(2)11-15/h4-6,8,10-11,13,17H,3,7,9,12H2,1-2H3,(H,25,27). The zero-order valence-corrected chi connectivity index (χ0v) is 16.6. The van der Waals surface area contributed by atoms with Crippen LogP contribution in [0.25, 0.3) is 16.8 Å². The minimum atomic E-state index is -0.201. The fourth-order valence-corrected chi connectivity index (χ4v) is 4.17. The molecule has 1 aromatic carbocycles. The SMILES string of the molecule is CCn1ncc2c1CCC(Nc1nc3c(-c4ccc(F)c(C)c4)cccn3n1)C2. The second-order valence-electron chi connectivity index (χ2n) is 7.61. The van der Waals surface area contributed by atoms with Crippen LogP contribution in [0.1, 0.15) is 30.2 Å². The van der Waals surface area contributed by atoms with E-state index in [1.54, 1.807) is 17.5 Å². The Balaban J connectivity index is 1.43. The van der Waals surface area contributed by atoms with E-state index in [0.29, 0.717) is 11.5 Å². The number of nitrogens with zero attached hydrogens (tertiary/aromatic N) is 5. The van der Waals surface area contributed by atoms with Crippen molar-refractivity contribution in [3.63, 3.8) is 0 Å². The van der Waals surface area contributed by atoms with Crippen LogP contribution >= 0.6 is 0 Å². The van der Waals surface area contributed by atoms with Gasteiger partial charge in [0.05, 0.1) is 6.20 Å². The largest absolute Gasteiger partial charge is 0.350 e. The summed E-state index contributed by atoms with van der Waals surface area (Å²) in [4.78, 5) is 4.74. The quantitative estimate of drug-likeness (QED) is 0.572. The molecule has 1 aliphatic carbocycles. The molecular weight excluding hydrogens is 367 g/mol. The van der Waals surface area contributed by atoms with Crippen LogP contribution in [0.5, 0.6) is 0 Å². The number of aromatic nitrogens is 5. The van der Waals surface area contributed by atoms with E-state index in [4.69, 9.17) is 4.98 Å². The van der Waals surface area contributed by atoms with Crippen molar-refractivity contribution < 1.29 is 4.39 Å². The van der Waals surface area contributed by atoms with E-state index >= 15 is 0 Å². The van der Waals surface area contributed by atoms with Gasteiger partial charge in [-0.15, -0.1) is 5.10 Å². The first-order valence-corrected chi connectivity index (χ1v) is 10.0. The maximum absolute atomic E-state index is 13.7. The number of hydrogen-bond acceptors (Lipinski definition) is 4. The maximum atomic E-state index is 13.7. The minimum Gasteiger partial charge on any atom is -0.350 e. The zero-order chi connectivity index (χ0) is 20.0. The molecule has 1 unspecified atom stereocenters. The Morgan fingerprint density at radius 2 is 2.17 bits per heavy atom. The van der Waals surface area contributed by atoms with E-state index in [-0.39, 0.29) is 11.9 Å². The Bertz CT molecular complexity index is 1190. The average molecular weight is 390 g/mol. The average Bonchev–Trinajstić information content (AvgIpc) is 3.32. The molecule has 0 radical (unpaired) electrons. The highest BCUT2D eigenvalue weighted by atomic mass is 19.1. The Morgan fingerprint density at radius 1 is 1.28 bits per heavy atom. The Kier molecular flexibility index (Phi) is 4.30. The van der Waals surface area contributed by atoms with Gasteiger partial charge < -0.3 is 5.32 Å². The molecule has 148 valence electrons. The third-order valence-corrected chi connectivity index (χ3v) is 5.70. The monoisotopic (exact) mass is 390 g/mol. The lowest BCUT2D eigenvalue weighted by Gasteiger charge is -2.23. The fourth-order valence-electron chi connectivity index (χ4n) is 4.17. The van der Waals surface area contributed by atoms with Crippen molar-refractivity contribution in [2.75, 3.05) is 5.32 Å². The van der Waals surface area contributed by atoms with Gasteiger partial charge >= 0.3 is 0 Å². The van der Waals surface area contributed by atoms with Crippen LogP contribution in [0.2, 0.25) is 0 Å². The van der Waals surface area contributed by atoms with Crippen LogP contribution in [-0.2, 0) is 19.4 Å². The smallest absolute Gasteiger partial charge is 0.243 e. The van der Waals surface area contributed by atoms with Gasteiger partial charge in [0.1, 0.15) is 5.82 Å². The Hall–Kier alpha value is -3.22. The number of rotatable bonds is 4. The topological polar surface area (TPSA) is 60.0 Å². The molecule has 0 amide bonds. The number of hydrogen-bond donors (Lipinski definition) is 1. The van der Waals surface area contributed by atoms with Gasteiger partial charge in [-0.2, -0.15) is 10.1 Å². The van der Waals surface area contributed by atoms with E-state index in [9.17, 15) is 4.39 Å².